The van der Waals surface area contributed by atoms with E-state index in [4.69, 9.17) is 0 Å². The normalized spacial score (nSPS) is 10.5. The molecule has 4 rings (SSSR count). The fraction of sp³-hybridized carbons (Fsp3) is 0.0800. The van der Waals surface area contributed by atoms with E-state index < -0.39 is 0 Å². The highest BCUT2D eigenvalue weighted by molar-refractivity contribution is 7.99. The largest absolute Gasteiger partial charge is 0.348 e. The number of imidazole rings is 1. The summed E-state index contributed by atoms with van der Waals surface area (Å²) in [7, 11) is 0. The van der Waals surface area contributed by atoms with Gasteiger partial charge in [-0.2, -0.15) is 5.26 Å². The first-order valence-corrected chi connectivity index (χ1v) is 10.7. The Balaban J connectivity index is 1.49. The Bertz CT molecular complexity index is 1330. The molecular formula is C25H19FN4OS. The van der Waals surface area contributed by atoms with E-state index in [0.717, 1.165) is 9.79 Å². The van der Waals surface area contributed by atoms with Crippen LogP contribution in [-0.4, -0.2) is 15.5 Å². The average Bonchev–Trinajstić information content (AvgIpc) is 3.23. The van der Waals surface area contributed by atoms with Crippen LogP contribution in [0.3, 0.4) is 0 Å². The number of amides is 1. The van der Waals surface area contributed by atoms with Gasteiger partial charge in [0.2, 0.25) is 0 Å². The van der Waals surface area contributed by atoms with Gasteiger partial charge < -0.3 is 9.88 Å². The van der Waals surface area contributed by atoms with Crippen molar-refractivity contribution >= 4 is 17.7 Å². The molecule has 0 aliphatic heterocycles. The Labute approximate surface area is 189 Å². The van der Waals surface area contributed by atoms with Crippen LogP contribution in [0, 0.1) is 24.1 Å². The van der Waals surface area contributed by atoms with Gasteiger partial charge in [-0.05, 0) is 48.9 Å². The molecule has 4 aromatic rings. The minimum absolute atomic E-state index is 0.187. The molecule has 0 radical (unpaired) electrons. The van der Waals surface area contributed by atoms with Gasteiger partial charge in [-0.25, -0.2) is 9.37 Å². The second-order valence-electron chi connectivity index (χ2n) is 7.02. The van der Waals surface area contributed by atoms with Gasteiger partial charge in [-0.3, -0.25) is 4.79 Å². The van der Waals surface area contributed by atoms with Gasteiger partial charge in [0, 0.05) is 28.7 Å². The van der Waals surface area contributed by atoms with Crippen molar-refractivity contribution in [1.29, 1.82) is 5.26 Å². The van der Waals surface area contributed by atoms with Gasteiger partial charge in [0.05, 0.1) is 16.8 Å². The van der Waals surface area contributed by atoms with Crippen LogP contribution in [-0.2, 0) is 6.54 Å². The van der Waals surface area contributed by atoms with Crippen LogP contribution in [0.2, 0.25) is 0 Å². The monoisotopic (exact) mass is 442 g/mol. The van der Waals surface area contributed by atoms with E-state index in [9.17, 15) is 14.4 Å². The number of carbonyl (C=O) groups excluding carboxylic acids is 1. The maximum Gasteiger partial charge on any atom is 0.252 e. The molecule has 3 aromatic carbocycles. The van der Waals surface area contributed by atoms with Gasteiger partial charge in [-0.15, -0.1) is 0 Å². The fourth-order valence-corrected chi connectivity index (χ4v) is 4.30. The van der Waals surface area contributed by atoms with Crippen molar-refractivity contribution in [2.45, 2.75) is 23.3 Å². The highest BCUT2D eigenvalue weighted by Crippen LogP contribution is 2.32. The zero-order valence-corrected chi connectivity index (χ0v) is 18.1. The van der Waals surface area contributed by atoms with Crippen molar-refractivity contribution < 1.29 is 9.18 Å². The SMILES string of the molecule is Cc1nccn1-c1ccc(CNC(=O)c2ccccc2Sc2ccccc2C#N)cc1F. The molecule has 32 heavy (non-hydrogen) atoms. The predicted octanol–water partition coefficient (Wildman–Crippen LogP) is 5.27. The van der Waals surface area contributed by atoms with Crippen molar-refractivity contribution in [1.82, 2.24) is 14.9 Å². The zero-order chi connectivity index (χ0) is 22.5. The molecule has 1 N–H and O–H groups in total. The van der Waals surface area contributed by atoms with Crippen molar-refractivity contribution in [3.63, 3.8) is 0 Å². The zero-order valence-electron chi connectivity index (χ0n) is 17.2. The standard InChI is InChI=1S/C25H19FN4OS/c1-17-28-12-13-30(17)22-11-10-18(14-21(22)26)16-29-25(31)20-7-3-5-9-24(20)32-23-8-4-2-6-19(23)15-27/h2-14H,16H2,1H3,(H,29,31). The Hall–Kier alpha value is -3.89. The van der Waals surface area contributed by atoms with Crippen LogP contribution in [0.1, 0.15) is 27.3 Å². The average molecular weight is 443 g/mol. The summed E-state index contributed by atoms with van der Waals surface area (Å²) in [4.78, 5) is 18.5. The maximum absolute atomic E-state index is 14.6. The number of benzene rings is 3. The van der Waals surface area contributed by atoms with Gasteiger partial charge >= 0.3 is 0 Å². The molecule has 0 spiro atoms. The Morgan fingerprint density at radius 3 is 2.59 bits per heavy atom. The van der Waals surface area contributed by atoms with Crippen molar-refractivity contribution in [2.75, 3.05) is 0 Å². The third-order valence-electron chi connectivity index (χ3n) is 4.91. The van der Waals surface area contributed by atoms with Crippen LogP contribution in [0.25, 0.3) is 5.69 Å². The maximum atomic E-state index is 14.6. The molecule has 7 heteroatoms. The molecule has 0 fully saturated rings. The summed E-state index contributed by atoms with van der Waals surface area (Å²) in [5.41, 5.74) is 2.11. The smallest absolute Gasteiger partial charge is 0.252 e. The van der Waals surface area contributed by atoms with E-state index in [2.05, 4.69) is 16.4 Å². The lowest BCUT2D eigenvalue weighted by Crippen LogP contribution is -2.23. The van der Waals surface area contributed by atoms with E-state index in [1.165, 1.54) is 17.8 Å². The van der Waals surface area contributed by atoms with E-state index in [1.807, 2.05) is 24.3 Å². The van der Waals surface area contributed by atoms with Crippen molar-refractivity contribution in [3.05, 3.63) is 107 Å². The topological polar surface area (TPSA) is 70.7 Å². The molecule has 0 aliphatic rings. The number of carbonyl (C=O) groups is 1. The van der Waals surface area contributed by atoms with Gasteiger partial charge in [0.25, 0.3) is 5.91 Å². The Morgan fingerprint density at radius 2 is 1.88 bits per heavy atom. The van der Waals surface area contributed by atoms with Crippen molar-refractivity contribution in [3.8, 4) is 11.8 Å². The van der Waals surface area contributed by atoms with E-state index in [1.54, 1.807) is 60.3 Å². The van der Waals surface area contributed by atoms with Crippen molar-refractivity contribution in [2.24, 2.45) is 0 Å². The minimum atomic E-state index is -0.387. The number of nitrogens with one attached hydrogen (secondary N) is 1. The molecule has 0 atom stereocenters. The lowest BCUT2D eigenvalue weighted by atomic mass is 10.1. The molecule has 5 nitrogen and oxygen atoms in total. The Morgan fingerprint density at radius 1 is 1.12 bits per heavy atom. The highest BCUT2D eigenvalue weighted by atomic mass is 32.2. The van der Waals surface area contributed by atoms with Gasteiger partial charge in [-0.1, -0.05) is 42.1 Å². The molecule has 0 saturated heterocycles. The number of aryl methyl sites for hydroxylation is 1. The molecule has 0 aliphatic carbocycles. The number of nitriles is 1. The second kappa shape index (κ2) is 9.50. The molecule has 1 amide bonds. The van der Waals surface area contributed by atoms with Gasteiger partial charge in [0.1, 0.15) is 17.7 Å². The quantitative estimate of drug-likeness (QED) is 0.441. The van der Waals surface area contributed by atoms with Crippen LogP contribution >= 0.6 is 11.8 Å². The lowest BCUT2D eigenvalue weighted by Gasteiger charge is -2.12. The van der Waals surface area contributed by atoms with Crippen LogP contribution in [0.5, 0.6) is 0 Å². The summed E-state index contributed by atoms with van der Waals surface area (Å²) < 4.78 is 16.3. The third-order valence-corrected chi connectivity index (χ3v) is 6.06. The molecule has 1 aromatic heterocycles. The summed E-state index contributed by atoms with van der Waals surface area (Å²) in [5, 5.41) is 12.2. The summed E-state index contributed by atoms with van der Waals surface area (Å²) in [5.74, 6) is 0.0384. The molecule has 0 unspecified atom stereocenters. The number of hydrogen-bond acceptors (Lipinski definition) is 4. The minimum Gasteiger partial charge on any atom is -0.348 e. The first-order valence-electron chi connectivity index (χ1n) is 9.90. The van der Waals surface area contributed by atoms with Crippen LogP contribution in [0.4, 0.5) is 4.39 Å². The number of aromatic nitrogens is 2. The third kappa shape index (κ3) is 4.56. The Kier molecular flexibility index (Phi) is 6.34. The number of halogens is 1. The first-order chi connectivity index (χ1) is 15.6. The van der Waals surface area contributed by atoms with E-state index in [-0.39, 0.29) is 18.3 Å². The summed E-state index contributed by atoms with van der Waals surface area (Å²) in [6.45, 7) is 1.99. The highest BCUT2D eigenvalue weighted by Gasteiger charge is 2.14. The first kappa shape index (κ1) is 21.3. The van der Waals surface area contributed by atoms with Gasteiger partial charge in [0.15, 0.2) is 0 Å². The van der Waals surface area contributed by atoms with Crippen LogP contribution < -0.4 is 5.32 Å². The van der Waals surface area contributed by atoms with E-state index in [0.29, 0.717) is 28.2 Å². The molecule has 158 valence electrons. The molecular weight excluding hydrogens is 423 g/mol. The predicted molar refractivity (Wildman–Crippen MR) is 121 cm³/mol. The lowest BCUT2D eigenvalue weighted by molar-refractivity contribution is 0.0948. The van der Waals surface area contributed by atoms with E-state index >= 15 is 0 Å². The summed E-state index contributed by atoms with van der Waals surface area (Å²) in [6.07, 6.45) is 3.32. The van der Waals surface area contributed by atoms with Crippen LogP contribution in [0.15, 0.2) is 88.9 Å². The number of rotatable bonds is 6. The second-order valence-corrected chi connectivity index (χ2v) is 8.10. The summed E-state index contributed by atoms with van der Waals surface area (Å²) >= 11 is 1.37. The molecule has 0 bridgehead atoms. The summed E-state index contributed by atoms with van der Waals surface area (Å²) in [6, 6.07) is 21.5. The fourth-order valence-electron chi connectivity index (χ4n) is 3.28. The molecule has 0 saturated carbocycles. The molecule has 1 heterocycles. The number of nitrogens with zero attached hydrogens (tertiary/aromatic N) is 3. The number of hydrogen-bond donors (Lipinski definition) is 1.